The Labute approximate surface area is 102 Å². The van der Waals surface area contributed by atoms with E-state index in [2.05, 4.69) is 12.1 Å². The van der Waals surface area contributed by atoms with Crippen molar-refractivity contribution < 1.29 is 9.90 Å². The second-order valence-electron chi connectivity index (χ2n) is 5.07. The van der Waals surface area contributed by atoms with Gasteiger partial charge in [0.25, 0.3) is 0 Å². The van der Waals surface area contributed by atoms with Crippen LogP contribution in [-0.4, -0.2) is 23.5 Å². The van der Waals surface area contributed by atoms with Crippen molar-refractivity contribution in [3.63, 3.8) is 0 Å². The molecule has 92 valence electrons. The predicted molar refractivity (Wildman–Crippen MR) is 66.8 cm³/mol. The minimum absolute atomic E-state index is 0.0622. The van der Waals surface area contributed by atoms with Crippen molar-refractivity contribution in [2.75, 3.05) is 6.61 Å². The SMILES string of the molecule is NC1(CO)CCC(c2ccc(CC=O)cc2)C1. The average Bonchev–Trinajstić information content (AvgIpc) is 2.74. The van der Waals surface area contributed by atoms with E-state index in [1.165, 1.54) is 5.56 Å². The summed E-state index contributed by atoms with van der Waals surface area (Å²) in [6, 6.07) is 8.15. The lowest BCUT2D eigenvalue weighted by atomic mass is 9.93. The lowest BCUT2D eigenvalue weighted by Gasteiger charge is -2.20. The van der Waals surface area contributed by atoms with E-state index in [0.29, 0.717) is 12.3 Å². The van der Waals surface area contributed by atoms with Crippen LogP contribution in [0, 0.1) is 0 Å². The molecule has 0 aliphatic heterocycles. The first-order chi connectivity index (χ1) is 8.17. The zero-order valence-corrected chi connectivity index (χ0v) is 9.93. The Hall–Kier alpha value is -1.19. The molecule has 0 spiro atoms. The standard InChI is InChI=1S/C14H19NO2/c15-14(10-17)7-5-13(9-14)12-3-1-11(2-4-12)6-8-16/h1-4,8,13,17H,5-7,9-10,15H2. The summed E-state index contributed by atoms with van der Waals surface area (Å²) in [4.78, 5) is 10.4. The highest BCUT2D eigenvalue weighted by atomic mass is 16.3. The maximum atomic E-state index is 10.4. The van der Waals surface area contributed by atoms with Gasteiger partial charge in [-0.2, -0.15) is 0 Å². The molecule has 3 heteroatoms. The average molecular weight is 233 g/mol. The normalized spacial score (nSPS) is 28.2. The van der Waals surface area contributed by atoms with Gasteiger partial charge in [0.15, 0.2) is 0 Å². The Bertz CT molecular complexity index is 388. The van der Waals surface area contributed by atoms with Crippen LogP contribution in [0.3, 0.4) is 0 Å². The van der Waals surface area contributed by atoms with Gasteiger partial charge in [-0.3, -0.25) is 0 Å². The van der Waals surface area contributed by atoms with E-state index in [9.17, 15) is 9.90 Å². The van der Waals surface area contributed by atoms with E-state index < -0.39 is 5.54 Å². The van der Waals surface area contributed by atoms with E-state index in [-0.39, 0.29) is 6.61 Å². The van der Waals surface area contributed by atoms with Crippen LogP contribution in [-0.2, 0) is 11.2 Å². The number of carbonyl (C=O) groups excluding carboxylic acids is 1. The lowest BCUT2D eigenvalue weighted by Crippen LogP contribution is -2.40. The number of nitrogens with two attached hydrogens (primary N) is 1. The van der Waals surface area contributed by atoms with Gasteiger partial charge in [0.05, 0.1) is 6.61 Å². The van der Waals surface area contributed by atoms with Crippen molar-refractivity contribution in [1.29, 1.82) is 0 Å². The first-order valence-corrected chi connectivity index (χ1v) is 6.09. The summed E-state index contributed by atoms with van der Waals surface area (Å²) in [5.74, 6) is 0.442. The molecule has 1 aliphatic rings. The van der Waals surface area contributed by atoms with Crippen LogP contribution in [0.5, 0.6) is 0 Å². The molecule has 2 unspecified atom stereocenters. The summed E-state index contributed by atoms with van der Waals surface area (Å²) in [5, 5.41) is 9.24. The Kier molecular flexibility index (Phi) is 3.60. The molecule has 2 rings (SSSR count). The van der Waals surface area contributed by atoms with Crippen LogP contribution in [0.1, 0.15) is 36.3 Å². The Morgan fingerprint density at radius 3 is 2.65 bits per heavy atom. The smallest absolute Gasteiger partial charge is 0.124 e. The molecule has 1 aromatic carbocycles. The molecule has 0 saturated heterocycles. The first-order valence-electron chi connectivity index (χ1n) is 6.09. The number of rotatable bonds is 4. The second-order valence-corrected chi connectivity index (χ2v) is 5.07. The molecule has 3 nitrogen and oxygen atoms in total. The van der Waals surface area contributed by atoms with Crippen LogP contribution in [0.15, 0.2) is 24.3 Å². The largest absolute Gasteiger partial charge is 0.394 e. The third-order valence-electron chi connectivity index (χ3n) is 3.73. The van der Waals surface area contributed by atoms with Crippen LogP contribution in [0.2, 0.25) is 0 Å². The van der Waals surface area contributed by atoms with Gasteiger partial charge in [0, 0.05) is 12.0 Å². The highest BCUT2D eigenvalue weighted by Crippen LogP contribution is 2.39. The number of carbonyl (C=O) groups is 1. The fourth-order valence-electron chi connectivity index (χ4n) is 2.61. The van der Waals surface area contributed by atoms with Crippen molar-refractivity contribution in [2.45, 2.75) is 37.1 Å². The van der Waals surface area contributed by atoms with Crippen LogP contribution >= 0.6 is 0 Å². The number of hydrogen-bond donors (Lipinski definition) is 2. The molecule has 0 radical (unpaired) electrons. The van der Waals surface area contributed by atoms with Gasteiger partial charge in [-0.25, -0.2) is 0 Å². The van der Waals surface area contributed by atoms with Crippen molar-refractivity contribution in [3.8, 4) is 0 Å². The summed E-state index contributed by atoms with van der Waals surface area (Å²) >= 11 is 0. The Balaban J connectivity index is 2.06. The third kappa shape index (κ3) is 2.73. The predicted octanol–water partition coefficient (Wildman–Crippen LogP) is 1.39. The van der Waals surface area contributed by atoms with E-state index >= 15 is 0 Å². The summed E-state index contributed by atoms with van der Waals surface area (Å²) in [5.41, 5.74) is 7.98. The highest BCUT2D eigenvalue weighted by Gasteiger charge is 2.35. The zero-order chi connectivity index (χ0) is 12.3. The zero-order valence-electron chi connectivity index (χ0n) is 9.93. The number of aldehydes is 1. The van der Waals surface area contributed by atoms with E-state index in [4.69, 9.17) is 5.73 Å². The van der Waals surface area contributed by atoms with Gasteiger partial charge in [0.1, 0.15) is 6.29 Å². The molecule has 17 heavy (non-hydrogen) atoms. The van der Waals surface area contributed by atoms with E-state index in [1.54, 1.807) is 0 Å². The molecule has 0 amide bonds. The van der Waals surface area contributed by atoms with E-state index in [1.807, 2.05) is 12.1 Å². The van der Waals surface area contributed by atoms with E-state index in [0.717, 1.165) is 31.1 Å². The molecule has 0 heterocycles. The molecule has 1 aromatic rings. The van der Waals surface area contributed by atoms with Gasteiger partial charge < -0.3 is 15.6 Å². The molecule has 1 aliphatic carbocycles. The molecule has 0 bridgehead atoms. The number of aliphatic hydroxyl groups excluding tert-OH is 1. The van der Waals surface area contributed by atoms with Gasteiger partial charge in [-0.15, -0.1) is 0 Å². The number of hydrogen-bond acceptors (Lipinski definition) is 3. The second kappa shape index (κ2) is 4.98. The first kappa shape index (κ1) is 12.3. The Morgan fingerprint density at radius 1 is 1.41 bits per heavy atom. The minimum Gasteiger partial charge on any atom is -0.394 e. The van der Waals surface area contributed by atoms with Crippen molar-refractivity contribution >= 4 is 6.29 Å². The summed E-state index contributed by atoms with van der Waals surface area (Å²) in [7, 11) is 0. The number of aliphatic hydroxyl groups is 1. The molecular weight excluding hydrogens is 214 g/mol. The maximum absolute atomic E-state index is 10.4. The monoisotopic (exact) mass is 233 g/mol. The molecule has 1 fully saturated rings. The summed E-state index contributed by atoms with van der Waals surface area (Å²) < 4.78 is 0. The van der Waals surface area contributed by atoms with Crippen molar-refractivity contribution in [1.82, 2.24) is 0 Å². The van der Waals surface area contributed by atoms with Crippen molar-refractivity contribution in [3.05, 3.63) is 35.4 Å². The molecule has 1 saturated carbocycles. The lowest BCUT2D eigenvalue weighted by molar-refractivity contribution is -0.107. The summed E-state index contributed by atoms with van der Waals surface area (Å²) in [6.07, 6.45) is 4.15. The highest BCUT2D eigenvalue weighted by molar-refractivity contribution is 5.54. The van der Waals surface area contributed by atoms with Crippen molar-refractivity contribution in [2.24, 2.45) is 5.73 Å². The van der Waals surface area contributed by atoms with Crippen LogP contribution < -0.4 is 5.73 Å². The fraction of sp³-hybridized carbons (Fsp3) is 0.500. The van der Waals surface area contributed by atoms with Gasteiger partial charge in [-0.05, 0) is 36.3 Å². The Morgan fingerprint density at radius 2 is 2.12 bits per heavy atom. The third-order valence-corrected chi connectivity index (χ3v) is 3.73. The maximum Gasteiger partial charge on any atom is 0.124 e. The van der Waals surface area contributed by atoms with Gasteiger partial charge in [0.2, 0.25) is 0 Å². The number of benzene rings is 1. The minimum atomic E-state index is -0.397. The molecular formula is C14H19NO2. The van der Waals surface area contributed by atoms with Gasteiger partial charge in [-0.1, -0.05) is 24.3 Å². The quantitative estimate of drug-likeness (QED) is 0.772. The molecule has 3 N–H and O–H groups in total. The van der Waals surface area contributed by atoms with Crippen LogP contribution in [0.25, 0.3) is 0 Å². The summed E-state index contributed by atoms with van der Waals surface area (Å²) in [6.45, 7) is 0.0622. The van der Waals surface area contributed by atoms with Crippen LogP contribution in [0.4, 0.5) is 0 Å². The fourth-order valence-corrected chi connectivity index (χ4v) is 2.61. The topological polar surface area (TPSA) is 63.3 Å². The molecule has 2 atom stereocenters. The molecule has 0 aromatic heterocycles. The van der Waals surface area contributed by atoms with Gasteiger partial charge >= 0.3 is 0 Å².